The third-order valence-corrected chi connectivity index (χ3v) is 16.0. The highest BCUT2D eigenvalue weighted by molar-refractivity contribution is 6.13. The van der Waals surface area contributed by atoms with Gasteiger partial charge in [0.15, 0.2) is 0 Å². The fourth-order valence-electron chi connectivity index (χ4n) is 12.6. The van der Waals surface area contributed by atoms with Crippen molar-refractivity contribution in [3.8, 4) is 67.0 Å². The van der Waals surface area contributed by atoms with Crippen LogP contribution in [0.4, 0.5) is 0 Å². The van der Waals surface area contributed by atoms with Gasteiger partial charge < -0.3 is 9.13 Å². The molecule has 75 heavy (non-hydrogen) atoms. The average molecular weight is 953 g/mol. The Labute approximate surface area is 436 Å². The summed E-state index contributed by atoms with van der Waals surface area (Å²) in [4.78, 5) is 0. The van der Waals surface area contributed by atoms with E-state index in [4.69, 9.17) is 0 Å². The lowest BCUT2D eigenvalue weighted by molar-refractivity contribution is 0.769. The van der Waals surface area contributed by atoms with Crippen LogP contribution in [0.5, 0.6) is 0 Å². The SMILES string of the molecule is c1ccc(-c2ccc(-n3c4ccccc4c4cc(-c5ccc6c(c5)c5ccccc5n6-c5cccc(-c6ccc(-c7cccc(C8(c9ccccc9)c9ccccc9-c9ccccc98)c7)cc6)c5)ccc43)cc2)cc1. The Balaban J connectivity index is 0.770. The molecule has 0 fully saturated rings. The first-order valence-electron chi connectivity index (χ1n) is 26.0. The summed E-state index contributed by atoms with van der Waals surface area (Å²) in [5.74, 6) is 0. The van der Waals surface area contributed by atoms with Gasteiger partial charge in [-0.3, -0.25) is 0 Å². The molecule has 0 atom stereocenters. The lowest BCUT2D eigenvalue weighted by Crippen LogP contribution is -2.28. The average Bonchev–Trinajstić information content (AvgIpc) is 4.16. The molecule has 14 aromatic rings. The standard InChI is InChI=1S/C73H48N2/c1-3-17-49(18-4-1)50-37-41-59(42-38-50)74-69-31-13-9-27-63(69)65-47-55(39-43-71(65)74)56-40-44-72-66(48-56)64-28-10-14-32-70(64)75(72)60-24-16-20-54(46-60)52-35-33-51(34-36-52)53-19-15-23-58(45-53)73(57-21-5-2-6-22-57)67-29-11-7-25-61(67)62-26-8-12-30-68(62)73/h1-48H. The second kappa shape index (κ2) is 17.2. The van der Waals surface area contributed by atoms with E-state index in [9.17, 15) is 0 Å². The summed E-state index contributed by atoms with van der Waals surface area (Å²) >= 11 is 0. The van der Waals surface area contributed by atoms with Crippen LogP contribution in [0.2, 0.25) is 0 Å². The van der Waals surface area contributed by atoms with Crippen molar-refractivity contribution in [3.05, 3.63) is 313 Å². The molecule has 0 saturated heterocycles. The highest BCUT2D eigenvalue weighted by atomic mass is 15.0. The van der Waals surface area contributed by atoms with E-state index in [0.29, 0.717) is 0 Å². The predicted octanol–water partition coefficient (Wildman–Crippen LogP) is 18.9. The number of nitrogens with zero attached hydrogens (tertiary/aromatic N) is 2. The van der Waals surface area contributed by atoms with Crippen molar-refractivity contribution in [2.75, 3.05) is 0 Å². The van der Waals surface area contributed by atoms with Crippen molar-refractivity contribution in [2.24, 2.45) is 0 Å². The highest BCUT2D eigenvalue weighted by Crippen LogP contribution is 2.56. The van der Waals surface area contributed by atoms with Gasteiger partial charge >= 0.3 is 0 Å². The normalized spacial score (nSPS) is 12.6. The predicted molar refractivity (Wildman–Crippen MR) is 314 cm³/mol. The minimum Gasteiger partial charge on any atom is -0.309 e. The quantitative estimate of drug-likeness (QED) is 0.144. The molecule has 1 aliphatic rings. The van der Waals surface area contributed by atoms with E-state index in [2.05, 4.69) is 300 Å². The van der Waals surface area contributed by atoms with Crippen LogP contribution in [-0.4, -0.2) is 9.13 Å². The van der Waals surface area contributed by atoms with Crippen LogP contribution in [-0.2, 0) is 5.41 Å². The lowest BCUT2D eigenvalue weighted by Gasteiger charge is -2.34. The number of aromatic nitrogens is 2. The Hall–Kier alpha value is -9.76. The smallest absolute Gasteiger partial charge is 0.0713 e. The number of fused-ring (bicyclic) bond motifs is 9. The molecule has 2 heteroatoms. The zero-order valence-electron chi connectivity index (χ0n) is 41.1. The zero-order chi connectivity index (χ0) is 49.5. The van der Waals surface area contributed by atoms with E-state index in [1.165, 1.54) is 122 Å². The van der Waals surface area contributed by atoms with Crippen molar-refractivity contribution in [2.45, 2.75) is 5.41 Å². The number of hydrogen-bond donors (Lipinski definition) is 0. The van der Waals surface area contributed by atoms with Crippen LogP contribution in [0.1, 0.15) is 22.3 Å². The Bertz CT molecular complexity index is 4450. The van der Waals surface area contributed by atoms with Gasteiger partial charge in [-0.25, -0.2) is 0 Å². The van der Waals surface area contributed by atoms with Gasteiger partial charge in [0.1, 0.15) is 0 Å². The molecule has 0 unspecified atom stereocenters. The summed E-state index contributed by atoms with van der Waals surface area (Å²) < 4.78 is 4.83. The summed E-state index contributed by atoms with van der Waals surface area (Å²) in [7, 11) is 0. The molecular weight excluding hydrogens is 905 g/mol. The summed E-state index contributed by atoms with van der Waals surface area (Å²) in [6.07, 6.45) is 0. The third kappa shape index (κ3) is 6.73. The largest absolute Gasteiger partial charge is 0.309 e. The van der Waals surface area contributed by atoms with E-state index >= 15 is 0 Å². The molecule has 0 radical (unpaired) electrons. The topological polar surface area (TPSA) is 9.86 Å². The molecule has 1 aliphatic carbocycles. The summed E-state index contributed by atoms with van der Waals surface area (Å²) in [5.41, 5.74) is 24.0. The fraction of sp³-hybridized carbons (Fsp3) is 0.0137. The van der Waals surface area contributed by atoms with Crippen LogP contribution >= 0.6 is 0 Å². The molecule has 0 spiro atoms. The highest BCUT2D eigenvalue weighted by Gasteiger charge is 2.45. The number of rotatable bonds is 8. The van der Waals surface area contributed by atoms with Gasteiger partial charge in [-0.2, -0.15) is 0 Å². The van der Waals surface area contributed by atoms with Gasteiger partial charge in [0.05, 0.1) is 27.5 Å². The van der Waals surface area contributed by atoms with Crippen molar-refractivity contribution < 1.29 is 0 Å². The Morgan fingerprint density at radius 1 is 0.213 bits per heavy atom. The molecule has 2 nitrogen and oxygen atoms in total. The molecule has 0 saturated carbocycles. The van der Waals surface area contributed by atoms with Gasteiger partial charge in [-0.15, -0.1) is 0 Å². The maximum atomic E-state index is 2.43. The van der Waals surface area contributed by atoms with Crippen molar-refractivity contribution in [1.29, 1.82) is 0 Å². The van der Waals surface area contributed by atoms with Crippen molar-refractivity contribution in [3.63, 3.8) is 0 Å². The number of hydrogen-bond acceptors (Lipinski definition) is 0. The van der Waals surface area contributed by atoms with E-state index in [-0.39, 0.29) is 0 Å². The maximum Gasteiger partial charge on any atom is 0.0713 e. The van der Waals surface area contributed by atoms with Crippen molar-refractivity contribution >= 4 is 43.6 Å². The first-order chi connectivity index (χ1) is 37.2. The monoisotopic (exact) mass is 952 g/mol. The Kier molecular flexibility index (Phi) is 9.83. The molecule has 2 aromatic heterocycles. The van der Waals surface area contributed by atoms with Crippen LogP contribution in [0, 0.1) is 0 Å². The van der Waals surface area contributed by atoms with Gasteiger partial charge in [0, 0.05) is 32.9 Å². The summed E-state index contributed by atoms with van der Waals surface area (Å²) in [5, 5.41) is 4.97. The number of benzene rings is 12. The van der Waals surface area contributed by atoms with Gasteiger partial charge in [-0.1, -0.05) is 224 Å². The molecule has 0 N–H and O–H groups in total. The maximum absolute atomic E-state index is 2.43. The van der Waals surface area contributed by atoms with E-state index in [1.807, 2.05) is 0 Å². The van der Waals surface area contributed by atoms with Crippen LogP contribution in [0.25, 0.3) is 111 Å². The van der Waals surface area contributed by atoms with Crippen molar-refractivity contribution in [1.82, 2.24) is 9.13 Å². The Morgan fingerprint density at radius 3 is 1.20 bits per heavy atom. The van der Waals surface area contributed by atoms with Gasteiger partial charge in [0.2, 0.25) is 0 Å². The molecule has 2 heterocycles. The van der Waals surface area contributed by atoms with E-state index in [1.54, 1.807) is 0 Å². The lowest BCUT2D eigenvalue weighted by atomic mass is 9.67. The minimum atomic E-state index is -0.437. The molecule has 0 amide bonds. The third-order valence-electron chi connectivity index (χ3n) is 16.0. The number of para-hydroxylation sites is 2. The molecule has 350 valence electrons. The molecular formula is C73H48N2. The first kappa shape index (κ1) is 42.9. The van der Waals surface area contributed by atoms with Crippen LogP contribution < -0.4 is 0 Å². The van der Waals surface area contributed by atoms with E-state index in [0.717, 1.165) is 11.4 Å². The summed E-state index contributed by atoms with van der Waals surface area (Å²) in [6, 6.07) is 107. The van der Waals surface area contributed by atoms with Crippen LogP contribution in [0.3, 0.4) is 0 Å². The fourth-order valence-corrected chi connectivity index (χ4v) is 12.6. The van der Waals surface area contributed by atoms with E-state index < -0.39 is 5.41 Å². The first-order valence-corrected chi connectivity index (χ1v) is 26.0. The van der Waals surface area contributed by atoms with Gasteiger partial charge in [-0.05, 0) is 145 Å². The second-order valence-corrected chi connectivity index (χ2v) is 20.0. The molecule has 0 aliphatic heterocycles. The minimum absolute atomic E-state index is 0.437. The van der Waals surface area contributed by atoms with Crippen LogP contribution in [0.15, 0.2) is 291 Å². The Morgan fingerprint density at radius 2 is 0.600 bits per heavy atom. The molecule has 12 aromatic carbocycles. The molecule has 15 rings (SSSR count). The zero-order valence-corrected chi connectivity index (χ0v) is 41.1. The second-order valence-electron chi connectivity index (χ2n) is 20.0. The molecule has 0 bridgehead atoms. The summed E-state index contributed by atoms with van der Waals surface area (Å²) in [6.45, 7) is 0. The van der Waals surface area contributed by atoms with Gasteiger partial charge in [0.25, 0.3) is 0 Å².